The lowest BCUT2D eigenvalue weighted by atomic mass is 9.92. The van der Waals surface area contributed by atoms with Crippen LogP contribution < -0.4 is 9.80 Å². The van der Waals surface area contributed by atoms with Crippen LogP contribution in [0.15, 0.2) is 5.83 Å². The van der Waals surface area contributed by atoms with Crippen molar-refractivity contribution >= 4 is 17.5 Å². The van der Waals surface area contributed by atoms with Crippen LogP contribution in [-0.4, -0.2) is 70.6 Å². The summed E-state index contributed by atoms with van der Waals surface area (Å²) in [6.45, 7) is 1.46. The third-order valence-electron chi connectivity index (χ3n) is 5.26. The molecule has 182 valence electrons. The van der Waals surface area contributed by atoms with Crippen LogP contribution in [-0.2, 0) is 0 Å². The summed E-state index contributed by atoms with van der Waals surface area (Å²) in [5.41, 5.74) is -0.658. The summed E-state index contributed by atoms with van der Waals surface area (Å²) in [4.78, 5) is 11.9. The van der Waals surface area contributed by atoms with Crippen LogP contribution in [0.5, 0.6) is 0 Å². The van der Waals surface area contributed by atoms with Crippen LogP contribution in [0.4, 0.5) is 51.4 Å². The molecule has 2 rings (SSSR count). The second-order valence-electron chi connectivity index (χ2n) is 7.41. The number of aliphatic hydroxyl groups is 1. The van der Waals surface area contributed by atoms with Crippen molar-refractivity contribution in [3.05, 3.63) is 11.7 Å². The van der Waals surface area contributed by atoms with Gasteiger partial charge in [0.2, 0.25) is 11.9 Å². The van der Waals surface area contributed by atoms with Gasteiger partial charge >= 0.3 is 12.4 Å². The van der Waals surface area contributed by atoms with E-state index >= 15 is 0 Å². The highest BCUT2D eigenvalue weighted by molar-refractivity contribution is 5.66. The number of rotatable bonds is 5. The topological polar surface area (TPSA) is 65.4 Å². The van der Waals surface area contributed by atoms with Gasteiger partial charge in [-0.3, -0.25) is 0 Å². The minimum absolute atomic E-state index is 0.479. The van der Waals surface area contributed by atoms with Gasteiger partial charge in [0.15, 0.2) is 11.9 Å². The molecule has 0 amide bonds. The summed E-state index contributed by atoms with van der Waals surface area (Å²) < 4.78 is 120. The van der Waals surface area contributed by atoms with Crippen LogP contribution in [0.25, 0.3) is 5.57 Å². The maximum atomic E-state index is 14.4. The normalized spacial score (nSPS) is 21.4. The van der Waals surface area contributed by atoms with Gasteiger partial charge in [0.05, 0.1) is 0 Å². The SMILES string of the molecule is C[C@@H](N(C)c1nc(C2=C(F)[C@H](O)C(F)(F)CC2)nc(N(C)[C@H](C)C(F)(F)F)n1)C(F)(F)F. The molecule has 1 aromatic heterocycles. The van der Waals surface area contributed by atoms with E-state index in [1.165, 1.54) is 0 Å². The summed E-state index contributed by atoms with van der Waals surface area (Å²) in [5, 5.41) is 9.51. The quantitative estimate of drug-likeness (QED) is 0.639. The maximum Gasteiger partial charge on any atom is 0.408 e. The molecule has 0 saturated carbocycles. The monoisotopic (exact) mass is 481 g/mol. The van der Waals surface area contributed by atoms with Crippen molar-refractivity contribution < 1.29 is 44.6 Å². The molecular formula is C17H20F9N5O. The van der Waals surface area contributed by atoms with Gasteiger partial charge in [-0.15, -0.1) is 0 Å². The highest BCUT2D eigenvalue weighted by atomic mass is 19.4. The van der Waals surface area contributed by atoms with Crippen LogP contribution in [0.1, 0.15) is 32.5 Å². The van der Waals surface area contributed by atoms with Crippen molar-refractivity contribution in [1.82, 2.24) is 15.0 Å². The number of anilines is 2. The van der Waals surface area contributed by atoms with Crippen molar-refractivity contribution in [2.45, 2.75) is 63.2 Å². The highest BCUT2D eigenvalue weighted by Gasteiger charge is 2.47. The van der Waals surface area contributed by atoms with Crippen LogP contribution in [0.2, 0.25) is 0 Å². The average molecular weight is 481 g/mol. The summed E-state index contributed by atoms with van der Waals surface area (Å²) in [6.07, 6.45) is -14.2. The van der Waals surface area contributed by atoms with Gasteiger partial charge in [-0.05, 0) is 20.3 Å². The van der Waals surface area contributed by atoms with E-state index in [0.29, 0.717) is 9.80 Å². The van der Waals surface area contributed by atoms with Gasteiger partial charge in [0.25, 0.3) is 5.92 Å². The predicted molar refractivity (Wildman–Crippen MR) is 95.9 cm³/mol. The first-order chi connectivity index (χ1) is 14.4. The number of halogens is 9. The lowest BCUT2D eigenvalue weighted by molar-refractivity contribution is -0.144. The van der Waals surface area contributed by atoms with Crippen LogP contribution >= 0.6 is 0 Å². The molecule has 15 heteroatoms. The molecule has 0 saturated heterocycles. The highest BCUT2D eigenvalue weighted by Crippen LogP contribution is 2.41. The third-order valence-corrected chi connectivity index (χ3v) is 5.26. The summed E-state index contributed by atoms with van der Waals surface area (Å²) >= 11 is 0. The fourth-order valence-electron chi connectivity index (χ4n) is 2.71. The van der Waals surface area contributed by atoms with Crippen LogP contribution in [0, 0.1) is 0 Å². The average Bonchev–Trinajstić information content (AvgIpc) is 2.68. The van der Waals surface area contributed by atoms with E-state index in [4.69, 9.17) is 0 Å². The molecule has 1 aliphatic rings. The van der Waals surface area contributed by atoms with Crippen LogP contribution in [0.3, 0.4) is 0 Å². The molecule has 3 atom stereocenters. The molecule has 0 fully saturated rings. The molecule has 0 radical (unpaired) electrons. The second-order valence-corrected chi connectivity index (χ2v) is 7.41. The maximum absolute atomic E-state index is 14.4. The second kappa shape index (κ2) is 8.56. The smallest absolute Gasteiger partial charge is 0.380 e. The zero-order chi connectivity index (χ0) is 24.8. The summed E-state index contributed by atoms with van der Waals surface area (Å²) in [5.74, 6) is -7.80. The van der Waals surface area contributed by atoms with Crippen molar-refractivity contribution in [2.75, 3.05) is 23.9 Å². The van der Waals surface area contributed by atoms with Gasteiger partial charge < -0.3 is 14.9 Å². The van der Waals surface area contributed by atoms with E-state index in [1.54, 1.807) is 0 Å². The molecule has 0 spiro atoms. The fraction of sp³-hybridized carbons (Fsp3) is 0.706. The fourth-order valence-corrected chi connectivity index (χ4v) is 2.71. The van der Waals surface area contributed by atoms with E-state index in [0.717, 1.165) is 27.9 Å². The molecule has 32 heavy (non-hydrogen) atoms. The number of aromatic nitrogens is 3. The van der Waals surface area contributed by atoms with Gasteiger partial charge in [0.1, 0.15) is 17.9 Å². The molecule has 1 aromatic rings. The third kappa shape index (κ3) is 5.18. The number of alkyl halides is 8. The Morgan fingerprint density at radius 3 is 1.69 bits per heavy atom. The molecule has 1 heterocycles. The standard InChI is InChI=1S/C17H20F9N5O/c1-7(16(21,22)23)30(3)13-27-12(9-5-6-15(19,20)11(32)10(9)18)28-14(29-13)31(4)8(2)17(24,25)26/h7-8,11,32H,5-6H2,1-4H3/t7-,8-,11+/m1/s1. The molecule has 0 aromatic carbocycles. The summed E-state index contributed by atoms with van der Waals surface area (Å²) in [7, 11) is 1.81. The Morgan fingerprint density at radius 1 is 0.906 bits per heavy atom. The minimum atomic E-state index is -4.78. The minimum Gasteiger partial charge on any atom is -0.380 e. The Labute approximate surface area is 176 Å². The van der Waals surface area contributed by atoms with Gasteiger partial charge in [-0.2, -0.15) is 41.3 Å². The largest absolute Gasteiger partial charge is 0.408 e. The van der Waals surface area contributed by atoms with E-state index in [1.807, 2.05) is 0 Å². The Bertz CT molecular complexity index is 827. The van der Waals surface area contributed by atoms with E-state index in [2.05, 4.69) is 15.0 Å². The molecule has 0 unspecified atom stereocenters. The number of nitrogens with zero attached hydrogens (tertiary/aromatic N) is 5. The van der Waals surface area contributed by atoms with E-state index < -0.39 is 78.4 Å². The molecule has 0 bridgehead atoms. The summed E-state index contributed by atoms with van der Waals surface area (Å²) in [6, 6.07) is -4.40. The zero-order valence-corrected chi connectivity index (χ0v) is 17.2. The first-order valence-corrected chi connectivity index (χ1v) is 9.18. The van der Waals surface area contributed by atoms with Crippen molar-refractivity contribution in [3.8, 4) is 0 Å². The molecular weight excluding hydrogens is 461 g/mol. The zero-order valence-electron chi connectivity index (χ0n) is 17.2. The van der Waals surface area contributed by atoms with E-state index in [-0.39, 0.29) is 0 Å². The predicted octanol–water partition coefficient (Wildman–Crippen LogP) is 4.12. The van der Waals surface area contributed by atoms with Gasteiger partial charge in [-0.1, -0.05) is 0 Å². The number of hydrogen-bond donors (Lipinski definition) is 1. The van der Waals surface area contributed by atoms with Gasteiger partial charge in [-0.25, -0.2) is 13.2 Å². The first-order valence-electron chi connectivity index (χ1n) is 9.18. The van der Waals surface area contributed by atoms with E-state index in [9.17, 15) is 44.6 Å². The van der Waals surface area contributed by atoms with Crippen molar-refractivity contribution in [3.63, 3.8) is 0 Å². The Kier molecular flexibility index (Phi) is 6.93. The van der Waals surface area contributed by atoms with Crippen molar-refractivity contribution in [1.29, 1.82) is 0 Å². The first kappa shape index (κ1) is 25.9. The van der Waals surface area contributed by atoms with Gasteiger partial charge in [0, 0.05) is 26.1 Å². The Balaban J connectivity index is 2.66. The molecule has 6 nitrogen and oxygen atoms in total. The number of hydrogen-bond acceptors (Lipinski definition) is 6. The Hall–Kier alpha value is -2.32. The molecule has 1 aliphatic carbocycles. The Morgan fingerprint density at radius 2 is 1.31 bits per heavy atom. The van der Waals surface area contributed by atoms with Crippen molar-refractivity contribution in [2.24, 2.45) is 0 Å². The lowest BCUT2D eigenvalue weighted by Gasteiger charge is -2.31. The molecule has 0 aliphatic heterocycles. The lowest BCUT2D eigenvalue weighted by Crippen LogP contribution is -2.44. The number of aliphatic hydroxyl groups excluding tert-OH is 1. The molecule has 1 N–H and O–H groups in total. The number of allylic oxidation sites excluding steroid dienone is 1.